The van der Waals surface area contributed by atoms with E-state index in [0.29, 0.717) is 11.8 Å². The van der Waals surface area contributed by atoms with Gasteiger partial charge in [-0.2, -0.15) is 0 Å². The second-order valence-corrected chi connectivity index (χ2v) is 8.76. The second-order valence-electron chi connectivity index (χ2n) is 7.84. The molecule has 2 aromatic rings. The minimum Gasteiger partial charge on any atom is -0.352 e. The number of anilines is 1. The van der Waals surface area contributed by atoms with Gasteiger partial charge in [0, 0.05) is 32.7 Å². The van der Waals surface area contributed by atoms with Crippen molar-refractivity contribution in [3.8, 4) is 0 Å². The highest BCUT2D eigenvalue weighted by Gasteiger charge is 2.51. The van der Waals surface area contributed by atoms with Crippen LogP contribution in [0.4, 0.5) is 5.82 Å². The number of amides is 1. The van der Waals surface area contributed by atoms with E-state index in [1.165, 1.54) is 19.3 Å². The van der Waals surface area contributed by atoms with Crippen molar-refractivity contribution < 1.29 is 4.79 Å². The lowest BCUT2D eigenvalue weighted by Crippen LogP contribution is -2.56. The summed E-state index contributed by atoms with van der Waals surface area (Å²) >= 11 is 1.69. The molecule has 3 aliphatic rings. The zero-order chi connectivity index (χ0) is 17.6. The van der Waals surface area contributed by atoms with Crippen LogP contribution >= 0.6 is 36.2 Å². The van der Waals surface area contributed by atoms with E-state index in [0.717, 1.165) is 61.7 Å². The quantitative estimate of drug-likeness (QED) is 0.772. The number of carbonyl (C=O) groups is 1. The molecular weight excluding hydrogens is 417 g/mol. The highest BCUT2D eigenvalue weighted by molar-refractivity contribution is 7.17. The number of hydrogen-bond donors (Lipinski definition) is 1. The van der Waals surface area contributed by atoms with Crippen LogP contribution in [0.25, 0.3) is 10.2 Å². The number of nitrogens with one attached hydrogen (secondary N) is 1. The molecule has 154 valence electrons. The summed E-state index contributed by atoms with van der Waals surface area (Å²) in [6, 6.07) is 2.04. The molecular formula is C19H27Cl2N5OS. The molecule has 2 aromatic heterocycles. The first-order valence-electron chi connectivity index (χ1n) is 9.71. The van der Waals surface area contributed by atoms with E-state index in [2.05, 4.69) is 30.5 Å². The molecule has 28 heavy (non-hydrogen) atoms. The van der Waals surface area contributed by atoms with Crippen molar-refractivity contribution in [1.82, 2.24) is 20.2 Å². The number of halogens is 2. The molecule has 1 saturated carbocycles. The summed E-state index contributed by atoms with van der Waals surface area (Å²) in [5.74, 6) is 1.96. The monoisotopic (exact) mass is 443 g/mol. The summed E-state index contributed by atoms with van der Waals surface area (Å²) in [4.78, 5) is 26.7. The molecule has 1 amide bonds. The molecule has 1 N–H and O–H groups in total. The van der Waals surface area contributed by atoms with E-state index in [1.807, 2.05) is 6.07 Å². The smallest absolute Gasteiger partial charge is 0.230 e. The molecule has 5 rings (SSSR count). The van der Waals surface area contributed by atoms with Crippen LogP contribution in [0.15, 0.2) is 17.8 Å². The SMILES string of the molecule is Cl.Cl.O=C(N1CCN(c2ncnc3ccsc23)CC1)[C@@]12CCCC[C@H]1CNC2. The Balaban J connectivity index is 0.00000112. The Labute approximate surface area is 181 Å². The lowest BCUT2D eigenvalue weighted by atomic mass is 9.67. The molecule has 0 unspecified atom stereocenters. The van der Waals surface area contributed by atoms with Crippen LogP contribution < -0.4 is 10.2 Å². The van der Waals surface area contributed by atoms with Crippen molar-refractivity contribution in [2.75, 3.05) is 44.2 Å². The zero-order valence-electron chi connectivity index (χ0n) is 15.8. The number of rotatable bonds is 2. The van der Waals surface area contributed by atoms with Crippen LogP contribution in [0.2, 0.25) is 0 Å². The predicted molar refractivity (Wildman–Crippen MR) is 118 cm³/mol. The highest BCUT2D eigenvalue weighted by Crippen LogP contribution is 2.45. The second kappa shape index (κ2) is 8.69. The third-order valence-corrected chi connectivity index (χ3v) is 7.45. The van der Waals surface area contributed by atoms with Crippen molar-refractivity contribution in [3.05, 3.63) is 17.8 Å². The summed E-state index contributed by atoms with van der Waals surface area (Å²) in [6.45, 7) is 5.18. The lowest BCUT2D eigenvalue weighted by Gasteiger charge is -2.43. The van der Waals surface area contributed by atoms with Crippen LogP contribution in [-0.2, 0) is 4.79 Å². The Morgan fingerprint density at radius 2 is 2.00 bits per heavy atom. The summed E-state index contributed by atoms with van der Waals surface area (Å²) < 4.78 is 1.15. The van der Waals surface area contributed by atoms with Gasteiger partial charge in [0.1, 0.15) is 12.1 Å². The Kier molecular flexibility index (Phi) is 6.69. The number of carbonyl (C=O) groups excluding carboxylic acids is 1. The summed E-state index contributed by atoms with van der Waals surface area (Å²) in [6.07, 6.45) is 6.39. The fourth-order valence-electron chi connectivity index (χ4n) is 5.11. The molecule has 6 nitrogen and oxygen atoms in total. The fourth-order valence-corrected chi connectivity index (χ4v) is 5.97. The fraction of sp³-hybridized carbons (Fsp3) is 0.632. The molecule has 2 atom stereocenters. The van der Waals surface area contributed by atoms with Crippen LogP contribution in [0.3, 0.4) is 0 Å². The third-order valence-electron chi connectivity index (χ3n) is 6.55. The maximum absolute atomic E-state index is 13.4. The summed E-state index contributed by atoms with van der Waals surface area (Å²) in [7, 11) is 0. The molecule has 9 heteroatoms. The maximum Gasteiger partial charge on any atom is 0.230 e. The van der Waals surface area contributed by atoms with Gasteiger partial charge in [-0.1, -0.05) is 12.8 Å². The average Bonchev–Trinajstić information content (AvgIpc) is 3.34. The standard InChI is InChI=1S/C19H25N5OS.2ClH/c25-18(19-5-2-1-3-14(19)11-20-12-19)24-8-6-23(7-9-24)17-16-15(4-10-26-16)21-13-22-17;;/h4,10,13-14,20H,1-3,5-9,11-12H2;2*1H/t14-,19+;;/m0../s1. The van der Waals surface area contributed by atoms with Crippen LogP contribution in [0.5, 0.6) is 0 Å². The maximum atomic E-state index is 13.4. The van der Waals surface area contributed by atoms with E-state index in [4.69, 9.17) is 0 Å². The number of piperazine rings is 1. The van der Waals surface area contributed by atoms with Crippen LogP contribution in [0, 0.1) is 11.3 Å². The van der Waals surface area contributed by atoms with Gasteiger partial charge >= 0.3 is 0 Å². The first kappa shape index (κ1) is 21.6. The molecule has 0 spiro atoms. The molecule has 0 radical (unpaired) electrons. The van der Waals surface area contributed by atoms with E-state index in [9.17, 15) is 4.79 Å². The summed E-state index contributed by atoms with van der Waals surface area (Å²) in [5, 5.41) is 5.57. The molecule has 0 aromatic carbocycles. The van der Waals surface area contributed by atoms with E-state index in [1.54, 1.807) is 17.7 Å². The Bertz CT molecular complexity index is 826. The van der Waals surface area contributed by atoms with Crippen LogP contribution in [0.1, 0.15) is 25.7 Å². The summed E-state index contributed by atoms with van der Waals surface area (Å²) in [5.41, 5.74) is 0.885. The van der Waals surface area contributed by atoms with Crippen molar-refractivity contribution in [3.63, 3.8) is 0 Å². The van der Waals surface area contributed by atoms with Crippen molar-refractivity contribution >= 4 is 58.1 Å². The van der Waals surface area contributed by atoms with Crippen molar-refractivity contribution in [1.29, 1.82) is 0 Å². The van der Waals surface area contributed by atoms with Crippen molar-refractivity contribution in [2.45, 2.75) is 25.7 Å². The first-order chi connectivity index (χ1) is 12.8. The Morgan fingerprint density at radius 1 is 1.18 bits per heavy atom. The van der Waals surface area contributed by atoms with Gasteiger partial charge in [0.15, 0.2) is 0 Å². The van der Waals surface area contributed by atoms with Crippen LogP contribution in [-0.4, -0.2) is 60.0 Å². The van der Waals surface area contributed by atoms with Gasteiger partial charge in [0.05, 0.1) is 15.6 Å². The van der Waals surface area contributed by atoms with Gasteiger partial charge in [0.2, 0.25) is 5.91 Å². The van der Waals surface area contributed by atoms with Gasteiger partial charge < -0.3 is 15.1 Å². The molecule has 2 aliphatic heterocycles. The Hall–Kier alpha value is -1.15. The molecule has 0 bridgehead atoms. The van der Waals surface area contributed by atoms with E-state index >= 15 is 0 Å². The first-order valence-corrected chi connectivity index (χ1v) is 10.6. The topological polar surface area (TPSA) is 61.4 Å². The highest BCUT2D eigenvalue weighted by atomic mass is 35.5. The molecule has 3 fully saturated rings. The zero-order valence-corrected chi connectivity index (χ0v) is 18.3. The number of thiophene rings is 1. The predicted octanol–water partition coefficient (Wildman–Crippen LogP) is 2.96. The number of aromatic nitrogens is 2. The van der Waals surface area contributed by atoms with E-state index < -0.39 is 0 Å². The Morgan fingerprint density at radius 3 is 2.82 bits per heavy atom. The van der Waals surface area contributed by atoms with Gasteiger partial charge in [-0.05, 0) is 36.8 Å². The number of fused-ring (bicyclic) bond motifs is 2. The van der Waals surface area contributed by atoms with Gasteiger partial charge in [0.25, 0.3) is 0 Å². The number of nitrogens with zero attached hydrogens (tertiary/aromatic N) is 4. The molecule has 1 aliphatic carbocycles. The number of hydrogen-bond acceptors (Lipinski definition) is 6. The van der Waals surface area contributed by atoms with E-state index in [-0.39, 0.29) is 30.2 Å². The van der Waals surface area contributed by atoms with Gasteiger partial charge in [-0.3, -0.25) is 4.79 Å². The minimum atomic E-state index is -0.129. The lowest BCUT2D eigenvalue weighted by molar-refractivity contribution is -0.145. The minimum absolute atomic E-state index is 0. The molecule has 2 saturated heterocycles. The normalized spacial score (nSPS) is 27.1. The average molecular weight is 444 g/mol. The third kappa shape index (κ3) is 3.47. The van der Waals surface area contributed by atoms with Gasteiger partial charge in [-0.15, -0.1) is 36.2 Å². The van der Waals surface area contributed by atoms with Gasteiger partial charge in [-0.25, -0.2) is 9.97 Å². The largest absolute Gasteiger partial charge is 0.352 e. The molecule has 4 heterocycles. The van der Waals surface area contributed by atoms with Crippen molar-refractivity contribution in [2.24, 2.45) is 11.3 Å².